The summed E-state index contributed by atoms with van der Waals surface area (Å²) in [6.07, 6.45) is -0.916. The number of hydrogen-bond donors (Lipinski definition) is 2. The van der Waals surface area contributed by atoms with E-state index >= 15 is 0 Å². The third-order valence-electron chi connectivity index (χ3n) is 3.75. The van der Waals surface area contributed by atoms with Gasteiger partial charge in [-0.05, 0) is 44.2 Å². The Labute approximate surface area is 166 Å². The van der Waals surface area contributed by atoms with Crippen molar-refractivity contribution >= 4 is 17.5 Å². The highest BCUT2D eigenvalue weighted by atomic mass is 16.6. The summed E-state index contributed by atoms with van der Waals surface area (Å²) in [5, 5.41) is 10.9. The summed E-state index contributed by atoms with van der Waals surface area (Å²) in [5.41, 5.74) is 4.03. The van der Waals surface area contributed by atoms with E-state index in [1.807, 2.05) is 6.92 Å². The largest absolute Gasteiger partial charge is 0.496 e. The summed E-state index contributed by atoms with van der Waals surface area (Å²) in [7, 11) is 1.32. The number of nitro benzene ring substituents is 1. The van der Waals surface area contributed by atoms with Crippen LogP contribution in [0.3, 0.4) is 0 Å². The van der Waals surface area contributed by atoms with E-state index in [1.165, 1.54) is 26.2 Å². The van der Waals surface area contributed by atoms with Crippen LogP contribution in [-0.2, 0) is 4.79 Å². The van der Waals surface area contributed by atoms with Gasteiger partial charge in [-0.15, -0.1) is 0 Å². The highest BCUT2D eigenvalue weighted by Crippen LogP contribution is 2.23. The second-order valence-corrected chi connectivity index (χ2v) is 5.75. The third kappa shape index (κ3) is 5.83. The van der Waals surface area contributed by atoms with Gasteiger partial charge in [0, 0.05) is 12.1 Å². The number of rotatable bonds is 8. The zero-order chi connectivity index (χ0) is 21.4. The topological polar surface area (TPSA) is 129 Å². The maximum atomic E-state index is 12.3. The number of nitrogens with zero attached hydrogens (tertiary/aromatic N) is 1. The summed E-state index contributed by atoms with van der Waals surface area (Å²) >= 11 is 0. The van der Waals surface area contributed by atoms with Gasteiger partial charge in [-0.3, -0.25) is 30.6 Å². The van der Waals surface area contributed by atoms with Crippen LogP contribution < -0.4 is 25.1 Å². The number of amides is 2. The highest BCUT2D eigenvalue weighted by molar-refractivity contribution is 5.98. The molecule has 0 aliphatic heterocycles. The fourth-order valence-corrected chi connectivity index (χ4v) is 2.31. The molecule has 0 saturated heterocycles. The van der Waals surface area contributed by atoms with E-state index in [4.69, 9.17) is 14.2 Å². The monoisotopic (exact) mass is 403 g/mol. The quantitative estimate of drug-likeness (QED) is 0.511. The number of nitro groups is 1. The molecule has 0 aliphatic carbocycles. The van der Waals surface area contributed by atoms with E-state index < -0.39 is 22.8 Å². The molecule has 0 aromatic heterocycles. The van der Waals surface area contributed by atoms with Crippen LogP contribution in [0.5, 0.6) is 17.2 Å². The summed E-state index contributed by atoms with van der Waals surface area (Å²) in [5.74, 6) is -0.136. The number of benzene rings is 2. The van der Waals surface area contributed by atoms with Gasteiger partial charge in [0.05, 0.1) is 24.2 Å². The van der Waals surface area contributed by atoms with Crippen molar-refractivity contribution in [3.63, 3.8) is 0 Å². The Balaban J connectivity index is 1.96. The molecule has 1 atom stereocenters. The fourth-order valence-electron chi connectivity index (χ4n) is 2.31. The molecular formula is C19H21N3O7. The van der Waals surface area contributed by atoms with Crippen molar-refractivity contribution < 1.29 is 28.7 Å². The van der Waals surface area contributed by atoms with Gasteiger partial charge in [0.25, 0.3) is 17.5 Å². The molecule has 10 heteroatoms. The van der Waals surface area contributed by atoms with Crippen molar-refractivity contribution in [1.29, 1.82) is 0 Å². The maximum Gasteiger partial charge on any atom is 0.279 e. The van der Waals surface area contributed by atoms with Crippen LogP contribution >= 0.6 is 0 Å². The van der Waals surface area contributed by atoms with Crippen LogP contribution in [0.15, 0.2) is 42.5 Å². The predicted molar refractivity (Wildman–Crippen MR) is 103 cm³/mol. The molecule has 0 aliphatic rings. The third-order valence-corrected chi connectivity index (χ3v) is 3.75. The first-order chi connectivity index (χ1) is 13.8. The van der Waals surface area contributed by atoms with Crippen LogP contribution in [0.2, 0.25) is 0 Å². The molecule has 2 rings (SSSR count). The first-order valence-corrected chi connectivity index (χ1v) is 8.67. The normalized spacial score (nSPS) is 11.1. The maximum absolute atomic E-state index is 12.3. The van der Waals surface area contributed by atoms with Crippen LogP contribution in [-0.4, -0.2) is 36.6 Å². The number of hydrogen-bond acceptors (Lipinski definition) is 7. The van der Waals surface area contributed by atoms with Crippen molar-refractivity contribution in [2.45, 2.75) is 20.0 Å². The zero-order valence-corrected chi connectivity index (χ0v) is 16.1. The van der Waals surface area contributed by atoms with Crippen LogP contribution in [0.1, 0.15) is 24.2 Å². The van der Waals surface area contributed by atoms with Gasteiger partial charge in [-0.25, -0.2) is 0 Å². The molecule has 0 heterocycles. The van der Waals surface area contributed by atoms with E-state index in [2.05, 4.69) is 10.9 Å². The van der Waals surface area contributed by atoms with Gasteiger partial charge in [-0.1, -0.05) is 0 Å². The van der Waals surface area contributed by atoms with E-state index in [-0.39, 0.29) is 17.0 Å². The molecule has 2 N–H and O–H groups in total. The number of methoxy groups -OCH3 is 1. The Hall–Kier alpha value is -3.82. The zero-order valence-electron chi connectivity index (χ0n) is 16.1. The Bertz CT molecular complexity index is 884. The molecule has 10 nitrogen and oxygen atoms in total. The molecule has 0 bridgehead atoms. The molecule has 29 heavy (non-hydrogen) atoms. The van der Waals surface area contributed by atoms with Crippen LogP contribution in [0.4, 0.5) is 5.69 Å². The lowest BCUT2D eigenvalue weighted by Gasteiger charge is -2.16. The molecule has 0 saturated carbocycles. The summed E-state index contributed by atoms with van der Waals surface area (Å²) < 4.78 is 15.9. The number of non-ortho nitro benzene ring substituents is 1. The summed E-state index contributed by atoms with van der Waals surface area (Å²) in [6.45, 7) is 3.91. The molecule has 2 aromatic rings. The van der Waals surface area contributed by atoms with Gasteiger partial charge in [0.15, 0.2) is 6.10 Å². The van der Waals surface area contributed by atoms with Crippen molar-refractivity contribution in [3.05, 3.63) is 58.1 Å². The smallest absolute Gasteiger partial charge is 0.279 e. The Morgan fingerprint density at radius 3 is 2.34 bits per heavy atom. The van der Waals surface area contributed by atoms with E-state index in [0.717, 1.165) is 6.07 Å². The highest BCUT2D eigenvalue weighted by Gasteiger charge is 2.20. The van der Waals surface area contributed by atoms with E-state index in [1.54, 1.807) is 24.3 Å². The number of ether oxygens (including phenoxy) is 3. The fraction of sp³-hybridized carbons (Fsp3) is 0.263. The second-order valence-electron chi connectivity index (χ2n) is 5.75. The molecule has 2 amide bonds. The minimum absolute atomic E-state index is 0.0953. The van der Waals surface area contributed by atoms with Crippen LogP contribution in [0, 0.1) is 10.1 Å². The van der Waals surface area contributed by atoms with Gasteiger partial charge < -0.3 is 14.2 Å². The molecule has 154 valence electrons. The lowest BCUT2D eigenvalue weighted by atomic mass is 10.1. The average Bonchev–Trinajstić information content (AvgIpc) is 2.72. The second kappa shape index (κ2) is 9.93. The van der Waals surface area contributed by atoms with Crippen molar-refractivity contribution in [2.75, 3.05) is 13.7 Å². The van der Waals surface area contributed by atoms with Crippen LogP contribution in [0.25, 0.3) is 0 Å². The SMILES string of the molecule is CCOc1ccc(O[C@@H](C)C(=O)NNC(=O)c2cc([N+](=O)[O-])ccc2OC)cc1. The standard InChI is InChI=1S/C19H21N3O7/c1-4-28-14-6-8-15(9-7-14)29-12(2)18(23)20-21-19(24)16-11-13(22(25)26)5-10-17(16)27-3/h5-12H,4H2,1-3H3,(H,20,23)(H,21,24)/t12-/m0/s1. The molecule has 0 radical (unpaired) electrons. The van der Waals surface area contributed by atoms with Gasteiger partial charge in [0.2, 0.25) is 0 Å². The number of nitrogens with one attached hydrogen (secondary N) is 2. The van der Waals surface area contributed by atoms with Crippen molar-refractivity contribution in [3.8, 4) is 17.2 Å². The summed E-state index contributed by atoms with van der Waals surface area (Å²) in [4.78, 5) is 34.7. The number of carbonyl (C=O) groups excluding carboxylic acids is 2. The lowest BCUT2D eigenvalue weighted by molar-refractivity contribution is -0.384. The summed E-state index contributed by atoms with van der Waals surface area (Å²) in [6, 6.07) is 10.3. The van der Waals surface area contributed by atoms with E-state index in [0.29, 0.717) is 18.1 Å². The first-order valence-electron chi connectivity index (χ1n) is 8.67. The molecule has 0 unspecified atom stereocenters. The van der Waals surface area contributed by atoms with Gasteiger partial charge >= 0.3 is 0 Å². The minimum atomic E-state index is -0.916. The molecule has 0 fully saturated rings. The lowest BCUT2D eigenvalue weighted by Crippen LogP contribution is -2.47. The minimum Gasteiger partial charge on any atom is -0.496 e. The van der Waals surface area contributed by atoms with Gasteiger partial charge in [-0.2, -0.15) is 0 Å². The molecular weight excluding hydrogens is 382 g/mol. The Morgan fingerprint density at radius 1 is 1.10 bits per heavy atom. The number of carbonyl (C=O) groups is 2. The van der Waals surface area contributed by atoms with Crippen molar-refractivity contribution in [2.24, 2.45) is 0 Å². The predicted octanol–water partition coefficient (Wildman–Crippen LogP) is 2.23. The average molecular weight is 403 g/mol. The molecule has 0 spiro atoms. The van der Waals surface area contributed by atoms with Crippen molar-refractivity contribution in [1.82, 2.24) is 10.9 Å². The Morgan fingerprint density at radius 2 is 1.76 bits per heavy atom. The number of hydrazine groups is 1. The van der Waals surface area contributed by atoms with E-state index in [9.17, 15) is 19.7 Å². The molecule has 2 aromatic carbocycles. The first kappa shape index (κ1) is 21.5. The Kier molecular flexibility index (Phi) is 7.35. The van der Waals surface area contributed by atoms with Gasteiger partial charge in [0.1, 0.15) is 17.2 Å².